The highest BCUT2D eigenvalue weighted by atomic mass is 16.2. The number of carbonyl (C=O) groups excluding carboxylic acids is 2. The maximum Gasteiger partial charge on any atom is 0.253 e. The fourth-order valence-corrected chi connectivity index (χ4v) is 0.965. The van der Waals surface area contributed by atoms with E-state index in [9.17, 15) is 9.59 Å². The second-order valence-corrected chi connectivity index (χ2v) is 3.17. The molecule has 2 amide bonds. The number of rotatable bonds is 4. The van der Waals surface area contributed by atoms with Gasteiger partial charge in [0.15, 0.2) is 0 Å². The van der Waals surface area contributed by atoms with Crippen LogP contribution in [0.3, 0.4) is 0 Å². The number of hydrazine groups is 1. The number of hydrogen-bond acceptors (Lipinski definition) is 5. The molecule has 1 aromatic heterocycles. The summed E-state index contributed by atoms with van der Waals surface area (Å²) in [6, 6.07) is 2.36. The second kappa shape index (κ2) is 5.08. The summed E-state index contributed by atoms with van der Waals surface area (Å²) >= 11 is 0. The number of nitrogen functional groups attached to an aromatic ring is 1. The molecule has 7 heteroatoms. The van der Waals surface area contributed by atoms with Crippen molar-refractivity contribution in [3.05, 3.63) is 23.9 Å². The largest absolute Gasteiger partial charge is 0.368 e. The Bertz CT molecular complexity index is 389. The number of nitrogens with two attached hydrogens (primary N) is 2. The van der Waals surface area contributed by atoms with Crippen molar-refractivity contribution in [3.63, 3.8) is 0 Å². The van der Waals surface area contributed by atoms with Gasteiger partial charge in [-0.3, -0.25) is 9.59 Å². The highest BCUT2D eigenvalue weighted by molar-refractivity contribution is 5.97. The van der Waals surface area contributed by atoms with E-state index >= 15 is 0 Å². The zero-order chi connectivity index (χ0) is 12.1. The van der Waals surface area contributed by atoms with E-state index in [-0.39, 0.29) is 0 Å². The standard InChI is InChI=1S/C9H13N5O2/c1-5(8(10)15)13-9(16)6-2-3-7(14-11)12-4-6/h2-5H,11H2,1H3,(H2,10,15)(H,12,14)(H,13,16). The van der Waals surface area contributed by atoms with E-state index in [4.69, 9.17) is 11.6 Å². The third-order valence-electron chi connectivity index (χ3n) is 1.95. The van der Waals surface area contributed by atoms with Crippen LogP contribution in [0, 0.1) is 0 Å². The smallest absolute Gasteiger partial charge is 0.253 e. The van der Waals surface area contributed by atoms with Gasteiger partial charge in [-0.1, -0.05) is 0 Å². The van der Waals surface area contributed by atoms with Crippen molar-refractivity contribution in [2.45, 2.75) is 13.0 Å². The molecule has 0 bridgehead atoms. The van der Waals surface area contributed by atoms with E-state index in [0.29, 0.717) is 11.4 Å². The number of hydrogen-bond donors (Lipinski definition) is 4. The fourth-order valence-electron chi connectivity index (χ4n) is 0.965. The summed E-state index contributed by atoms with van der Waals surface area (Å²) in [6.45, 7) is 1.50. The molecule has 0 aliphatic rings. The summed E-state index contributed by atoms with van der Waals surface area (Å²) in [4.78, 5) is 26.1. The first-order valence-electron chi connectivity index (χ1n) is 4.57. The Hall–Kier alpha value is -2.15. The lowest BCUT2D eigenvalue weighted by Crippen LogP contribution is -2.42. The van der Waals surface area contributed by atoms with E-state index in [1.165, 1.54) is 19.2 Å². The molecule has 1 atom stereocenters. The molecule has 1 unspecified atom stereocenters. The van der Waals surface area contributed by atoms with Gasteiger partial charge in [0.1, 0.15) is 11.9 Å². The number of carbonyl (C=O) groups is 2. The first kappa shape index (κ1) is 11.9. The van der Waals surface area contributed by atoms with Crippen LogP contribution in [0.1, 0.15) is 17.3 Å². The Morgan fingerprint density at radius 2 is 2.12 bits per heavy atom. The van der Waals surface area contributed by atoms with Gasteiger partial charge in [0.05, 0.1) is 5.56 Å². The SMILES string of the molecule is CC(NC(=O)c1ccc(NN)nc1)C(N)=O. The van der Waals surface area contributed by atoms with Gasteiger partial charge in [0.2, 0.25) is 5.91 Å². The molecule has 0 radical (unpaired) electrons. The van der Waals surface area contributed by atoms with Crippen LogP contribution in [0.2, 0.25) is 0 Å². The molecule has 86 valence electrons. The first-order valence-corrected chi connectivity index (χ1v) is 4.57. The van der Waals surface area contributed by atoms with Gasteiger partial charge in [-0.15, -0.1) is 0 Å². The Morgan fingerprint density at radius 3 is 2.56 bits per heavy atom. The van der Waals surface area contributed by atoms with Crippen molar-refractivity contribution in [2.75, 3.05) is 5.43 Å². The topological polar surface area (TPSA) is 123 Å². The highest BCUT2D eigenvalue weighted by Crippen LogP contribution is 2.03. The van der Waals surface area contributed by atoms with Crippen molar-refractivity contribution in [1.82, 2.24) is 10.3 Å². The van der Waals surface area contributed by atoms with Crippen LogP contribution in [0.5, 0.6) is 0 Å². The van der Waals surface area contributed by atoms with Gasteiger partial charge < -0.3 is 16.5 Å². The molecule has 6 N–H and O–H groups in total. The second-order valence-electron chi connectivity index (χ2n) is 3.17. The molecular weight excluding hydrogens is 210 g/mol. The summed E-state index contributed by atoms with van der Waals surface area (Å²) in [6.07, 6.45) is 1.35. The predicted octanol–water partition coefficient (Wildman–Crippen LogP) is -1.03. The van der Waals surface area contributed by atoms with Crippen LogP contribution >= 0.6 is 0 Å². The summed E-state index contributed by atoms with van der Waals surface area (Å²) in [5.41, 5.74) is 7.67. The molecule has 1 rings (SSSR count). The summed E-state index contributed by atoms with van der Waals surface area (Å²) in [5, 5.41) is 2.43. The van der Waals surface area contributed by atoms with Gasteiger partial charge in [0, 0.05) is 6.20 Å². The zero-order valence-electron chi connectivity index (χ0n) is 8.73. The number of pyridine rings is 1. The maximum absolute atomic E-state index is 11.5. The minimum absolute atomic E-state index is 0.326. The Labute approximate surface area is 92.2 Å². The van der Waals surface area contributed by atoms with E-state index in [0.717, 1.165) is 0 Å². The third-order valence-corrected chi connectivity index (χ3v) is 1.95. The first-order chi connectivity index (χ1) is 7.54. The molecule has 16 heavy (non-hydrogen) atoms. The predicted molar refractivity (Wildman–Crippen MR) is 58.2 cm³/mol. The van der Waals surface area contributed by atoms with Gasteiger partial charge in [-0.2, -0.15) is 0 Å². The summed E-state index contributed by atoms with van der Waals surface area (Å²) < 4.78 is 0. The zero-order valence-corrected chi connectivity index (χ0v) is 8.73. The summed E-state index contributed by atoms with van der Waals surface area (Å²) in [7, 11) is 0. The number of aromatic nitrogens is 1. The van der Waals surface area contributed by atoms with Crippen LogP contribution < -0.4 is 22.3 Å². The highest BCUT2D eigenvalue weighted by Gasteiger charge is 2.13. The number of anilines is 1. The van der Waals surface area contributed by atoms with Crippen molar-refractivity contribution in [1.29, 1.82) is 0 Å². The molecule has 0 aliphatic carbocycles. The normalized spacial score (nSPS) is 11.6. The molecule has 0 fully saturated rings. The van der Waals surface area contributed by atoms with E-state index < -0.39 is 17.9 Å². The van der Waals surface area contributed by atoms with Crippen LogP contribution in [-0.4, -0.2) is 22.8 Å². The monoisotopic (exact) mass is 223 g/mol. The maximum atomic E-state index is 11.5. The molecule has 0 saturated heterocycles. The third kappa shape index (κ3) is 2.92. The van der Waals surface area contributed by atoms with Crippen LogP contribution in [0.15, 0.2) is 18.3 Å². The van der Waals surface area contributed by atoms with E-state index in [1.807, 2.05) is 0 Å². The molecule has 0 spiro atoms. The fraction of sp³-hybridized carbons (Fsp3) is 0.222. The Balaban J connectivity index is 2.69. The van der Waals surface area contributed by atoms with Gasteiger partial charge in [-0.25, -0.2) is 10.8 Å². The van der Waals surface area contributed by atoms with Crippen molar-refractivity contribution >= 4 is 17.6 Å². The van der Waals surface area contributed by atoms with Crippen molar-refractivity contribution in [3.8, 4) is 0 Å². The lowest BCUT2D eigenvalue weighted by molar-refractivity contribution is -0.119. The average Bonchev–Trinajstić information content (AvgIpc) is 2.28. The quantitative estimate of drug-likeness (QED) is 0.384. The van der Waals surface area contributed by atoms with Crippen LogP contribution in [0.25, 0.3) is 0 Å². The minimum Gasteiger partial charge on any atom is -0.368 e. The molecule has 0 aliphatic heterocycles. The number of nitrogens with one attached hydrogen (secondary N) is 2. The van der Waals surface area contributed by atoms with Crippen molar-refractivity contribution in [2.24, 2.45) is 11.6 Å². The lowest BCUT2D eigenvalue weighted by atomic mass is 10.2. The van der Waals surface area contributed by atoms with Crippen molar-refractivity contribution < 1.29 is 9.59 Å². The molecule has 0 aromatic carbocycles. The molecule has 7 nitrogen and oxygen atoms in total. The number of amides is 2. The van der Waals surface area contributed by atoms with Crippen LogP contribution in [0.4, 0.5) is 5.82 Å². The number of nitrogens with zero attached hydrogens (tertiary/aromatic N) is 1. The number of primary amides is 1. The minimum atomic E-state index is -0.722. The van der Waals surface area contributed by atoms with Crippen LogP contribution in [-0.2, 0) is 4.79 Å². The van der Waals surface area contributed by atoms with E-state index in [2.05, 4.69) is 15.7 Å². The van der Waals surface area contributed by atoms with Gasteiger partial charge >= 0.3 is 0 Å². The average molecular weight is 223 g/mol. The van der Waals surface area contributed by atoms with Gasteiger partial charge in [-0.05, 0) is 19.1 Å². The van der Waals surface area contributed by atoms with Gasteiger partial charge in [0.25, 0.3) is 5.91 Å². The Morgan fingerprint density at radius 1 is 1.44 bits per heavy atom. The molecule has 0 saturated carbocycles. The van der Waals surface area contributed by atoms with E-state index in [1.54, 1.807) is 6.07 Å². The summed E-state index contributed by atoms with van der Waals surface area (Å²) in [5.74, 6) is 4.56. The lowest BCUT2D eigenvalue weighted by Gasteiger charge is -2.09. The Kier molecular flexibility index (Phi) is 3.78. The molecule has 1 heterocycles. The molecular formula is C9H13N5O2. The molecule has 1 aromatic rings.